The van der Waals surface area contributed by atoms with Gasteiger partial charge in [-0.1, -0.05) is 116 Å². The summed E-state index contributed by atoms with van der Waals surface area (Å²) in [4.78, 5) is 87.4. The van der Waals surface area contributed by atoms with Gasteiger partial charge in [0, 0.05) is 40.2 Å². The average Bonchev–Trinajstić information content (AvgIpc) is 3.82. The van der Waals surface area contributed by atoms with Crippen molar-refractivity contribution in [2.24, 2.45) is 23.7 Å². The van der Waals surface area contributed by atoms with Gasteiger partial charge in [-0.25, -0.2) is 4.79 Å². The molecule has 66 heavy (non-hydrogen) atoms. The molecule has 0 aromatic heterocycles. The quantitative estimate of drug-likeness (QED) is 0.0991. The Morgan fingerprint density at radius 3 is 2.08 bits per heavy atom. The SMILES string of the molecule is CC[C@H](C)[C@@H]([C@@H](CC(=O)N1CCC[C@H]1[C@H](OC)[C@@H](C)C(=O)N[C@@]1(C(=O)OCc2ccccc2)C[C@@H]1c1ccccc1)OC)N(C)C(=O)[C@@H](NC(=O)[C@H](C(C)C)N(C)CCCC(=O)O)C(C)C. The highest BCUT2D eigenvalue weighted by Crippen LogP contribution is 2.52. The first kappa shape index (κ1) is 53.8. The summed E-state index contributed by atoms with van der Waals surface area (Å²) in [5.74, 6) is -4.10. The van der Waals surface area contributed by atoms with Gasteiger partial charge in [0.15, 0.2) is 0 Å². The lowest BCUT2D eigenvalue weighted by atomic mass is 9.89. The summed E-state index contributed by atoms with van der Waals surface area (Å²) in [6.45, 7) is 14.3. The fourth-order valence-corrected chi connectivity index (χ4v) is 9.86. The monoisotopic (exact) mass is 920 g/mol. The number of carboxylic acid groups (broad SMARTS) is 1. The van der Waals surface area contributed by atoms with Crippen LogP contribution in [0.1, 0.15) is 110 Å². The molecule has 0 spiro atoms. The zero-order valence-corrected chi connectivity index (χ0v) is 41.2. The number of nitrogens with zero attached hydrogens (tertiary/aromatic N) is 3. The van der Waals surface area contributed by atoms with Gasteiger partial charge >= 0.3 is 11.9 Å². The van der Waals surface area contributed by atoms with Crippen molar-refractivity contribution < 1.29 is 48.1 Å². The number of aliphatic carboxylic acids is 1. The number of nitrogens with one attached hydrogen (secondary N) is 2. The molecular weight excluding hydrogens is 843 g/mol. The first-order valence-electron chi connectivity index (χ1n) is 23.7. The molecule has 15 heteroatoms. The Hall–Kier alpha value is -4.86. The van der Waals surface area contributed by atoms with E-state index >= 15 is 0 Å². The molecule has 2 fully saturated rings. The van der Waals surface area contributed by atoms with Gasteiger partial charge in [-0.05, 0) is 68.2 Å². The number of esters is 1. The molecule has 0 unspecified atom stereocenters. The summed E-state index contributed by atoms with van der Waals surface area (Å²) in [6.07, 6.45) is 1.30. The van der Waals surface area contributed by atoms with Crippen molar-refractivity contribution in [2.75, 3.05) is 41.4 Å². The summed E-state index contributed by atoms with van der Waals surface area (Å²) in [7, 11) is 6.55. The second-order valence-corrected chi connectivity index (χ2v) is 19.2. The lowest BCUT2D eigenvalue weighted by molar-refractivity contribution is -0.152. The van der Waals surface area contributed by atoms with Gasteiger partial charge in [-0.3, -0.25) is 28.9 Å². The largest absolute Gasteiger partial charge is 0.481 e. The van der Waals surface area contributed by atoms with Gasteiger partial charge in [0.25, 0.3) is 0 Å². The molecule has 1 heterocycles. The highest BCUT2D eigenvalue weighted by molar-refractivity contribution is 5.94. The van der Waals surface area contributed by atoms with E-state index in [2.05, 4.69) is 10.6 Å². The lowest BCUT2D eigenvalue weighted by Gasteiger charge is -2.41. The molecule has 366 valence electrons. The van der Waals surface area contributed by atoms with Crippen LogP contribution in [-0.2, 0) is 49.6 Å². The minimum Gasteiger partial charge on any atom is -0.481 e. The third kappa shape index (κ3) is 13.4. The normalized spacial score (nSPS) is 21.3. The summed E-state index contributed by atoms with van der Waals surface area (Å²) in [5.41, 5.74) is 0.508. The lowest BCUT2D eigenvalue weighted by Crippen LogP contribution is -2.60. The van der Waals surface area contributed by atoms with Gasteiger partial charge in [0.2, 0.25) is 23.6 Å². The first-order valence-corrected chi connectivity index (χ1v) is 23.7. The van der Waals surface area contributed by atoms with Crippen molar-refractivity contribution in [1.82, 2.24) is 25.3 Å². The van der Waals surface area contributed by atoms with Crippen LogP contribution in [0, 0.1) is 23.7 Å². The highest BCUT2D eigenvalue weighted by Gasteiger charge is 2.63. The molecule has 0 radical (unpaired) electrons. The van der Waals surface area contributed by atoms with Gasteiger partial charge in [0.05, 0.1) is 42.7 Å². The zero-order valence-electron chi connectivity index (χ0n) is 41.2. The number of amides is 4. The van der Waals surface area contributed by atoms with E-state index in [0.29, 0.717) is 45.2 Å². The minimum atomic E-state index is -1.25. The number of likely N-dealkylation sites (tertiary alicyclic amines) is 1. The number of benzene rings is 2. The molecule has 3 N–H and O–H groups in total. The van der Waals surface area contributed by atoms with Crippen molar-refractivity contribution in [2.45, 2.75) is 148 Å². The molecule has 1 saturated carbocycles. The second kappa shape index (κ2) is 24.8. The summed E-state index contributed by atoms with van der Waals surface area (Å²) < 4.78 is 18.0. The van der Waals surface area contributed by atoms with Crippen molar-refractivity contribution in [3.63, 3.8) is 0 Å². The molecule has 1 saturated heterocycles. The van der Waals surface area contributed by atoms with Crippen LogP contribution in [0.25, 0.3) is 0 Å². The van der Waals surface area contributed by atoms with Crippen LogP contribution in [0.15, 0.2) is 60.7 Å². The predicted molar refractivity (Wildman–Crippen MR) is 252 cm³/mol. The van der Waals surface area contributed by atoms with Crippen LogP contribution in [-0.4, -0.2) is 139 Å². The Morgan fingerprint density at radius 2 is 1.52 bits per heavy atom. The Bertz CT molecular complexity index is 1920. The Morgan fingerprint density at radius 1 is 0.879 bits per heavy atom. The molecule has 4 rings (SSSR count). The first-order chi connectivity index (χ1) is 31.3. The van der Waals surface area contributed by atoms with E-state index in [1.807, 2.05) is 107 Å². The summed E-state index contributed by atoms with van der Waals surface area (Å²) in [5, 5.41) is 15.3. The fraction of sp³-hybridized carbons (Fsp3) is 0.647. The Balaban J connectivity index is 1.49. The van der Waals surface area contributed by atoms with Gasteiger partial charge in [-0.15, -0.1) is 0 Å². The van der Waals surface area contributed by atoms with Crippen LogP contribution < -0.4 is 10.6 Å². The van der Waals surface area contributed by atoms with Gasteiger partial charge < -0.3 is 39.8 Å². The maximum absolute atomic E-state index is 14.5. The van der Waals surface area contributed by atoms with E-state index in [9.17, 15) is 28.8 Å². The number of carboxylic acids is 1. The number of likely N-dealkylation sites (N-methyl/N-ethyl adjacent to an activating group) is 2. The molecule has 10 atom stereocenters. The van der Waals surface area contributed by atoms with E-state index in [-0.39, 0.29) is 66.7 Å². The number of rotatable bonds is 26. The van der Waals surface area contributed by atoms with E-state index in [1.165, 1.54) is 14.2 Å². The maximum atomic E-state index is 14.5. The van der Waals surface area contributed by atoms with E-state index in [1.54, 1.807) is 30.8 Å². The second-order valence-electron chi connectivity index (χ2n) is 19.2. The van der Waals surface area contributed by atoms with E-state index in [0.717, 1.165) is 11.1 Å². The van der Waals surface area contributed by atoms with Crippen molar-refractivity contribution in [1.29, 1.82) is 0 Å². The van der Waals surface area contributed by atoms with Crippen LogP contribution in [0.3, 0.4) is 0 Å². The number of methoxy groups -OCH3 is 2. The van der Waals surface area contributed by atoms with Crippen LogP contribution >= 0.6 is 0 Å². The Kier molecular flexibility index (Phi) is 20.2. The third-order valence-electron chi connectivity index (χ3n) is 13.9. The maximum Gasteiger partial charge on any atom is 0.332 e. The molecule has 2 aromatic carbocycles. The zero-order chi connectivity index (χ0) is 48.9. The van der Waals surface area contributed by atoms with Crippen LogP contribution in [0.5, 0.6) is 0 Å². The molecule has 1 aliphatic carbocycles. The molecule has 0 bridgehead atoms. The smallest absolute Gasteiger partial charge is 0.332 e. The number of hydrogen-bond donors (Lipinski definition) is 3. The van der Waals surface area contributed by atoms with Gasteiger partial charge in [0.1, 0.15) is 18.2 Å². The highest BCUT2D eigenvalue weighted by atomic mass is 16.5. The molecular formula is C51H77N5O10. The minimum absolute atomic E-state index is 0.0113. The summed E-state index contributed by atoms with van der Waals surface area (Å²) in [6, 6.07) is 16.5. The van der Waals surface area contributed by atoms with Crippen molar-refractivity contribution >= 4 is 35.6 Å². The predicted octanol–water partition coefficient (Wildman–Crippen LogP) is 5.65. The van der Waals surface area contributed by atoms with Crippen molar-refractivity contribution in [3.8, 4) is 0 Å². The van der Waals surface area contributed by atoms with Crippen LogP contribution in [0.2, 0.25) is 0 Å². The third-order valence-corrected chi connectivity index (χ3v) is 13.9. The fourth-order valence-electron chi connectivity index (χ4n) is 9.86. The average molecular weight is 920 g/mol. The topological polar surface area (TPSA) is 184 Å². The van der Waals surface area contributed by atoms with Crippen LogP contribution in [0.4, 0.5) is 0 Å². The van der Waals surface area contributed by atoms with Crippen molar-refractivity contribution in [3.05, 3.63) is 71.8 Å². The van der Waals surface area contributed by atoms with E-state index in [4.69, 9.17) is 19.3 Å². The standard InChI is InChI=1S/C51H77N5O10/c1-12-34(6)45(55(9)49(62)43(32(2)3)52-48(61)44(33(4)5)54(8)27-20-26-42(58)59)40(64-10)29-41(57)56-28-19-25-39(56)46(65-11)35(7)47(60)53-51(30-38(51)37-23-17-14-18-24-37)50(63)66-31-36-21-15-13-16-22-36/h13-18,21-24,32-35,38-40,43-46H,12,19-20,25-31H2,1-11H3,(H,52,61)(H,53,60)(H,58,59)/t34-,35+,38+,39-,40+,43-,44-,45-,46+,51-/m0/s1. The molecule has 4 amide bonds. The Labute approximate surface area is 392 Å². The molecule has 15 nitrogen and oxygen atoms in total. The number of carbonyl (C=O) groups is 6. The molecule has 1 aliphatic heterocycles. The number of carbonyl (C=O) groups excluding carboxylic acids is 5. The van der Waals surface area contributed by atoms with Gasteiger partial charge in [-0.2, -0.15) is 0 Å². The number of hydrogen-bond acceptors (Lipinski definition) is 10. The molecule has 2 aliphatic rings. The molecule has 2 aromatic rings. The number of ether oxygens (including phenoxy) is 3. The van der Waals surface area contributed by atoms with E-state index < -0.39 is 59.8 Å². The summed E-state index contributed by atoms with van der Waals surface area (Å²) >= 11 is 0.